The number of nitrogens with zero attached hydrogens (tertiary/aromatic N) is 2. The molecule has 1 atom stereocenters. The van der Waals surface area contributed by atoms with E-state index >= 15 is 0 Å². The van der Waals surface area contributed by atoms with Crippen molar-refractivity contribution < 1.29 is 13.9 Å². The number of carbonyl (C=O) groups excluding carboxylic acids is 1. The Morgan fingerprint density at radius 1 is 1.65 bits per heavy atom. The molecule has 2 rings (SSSR count). The molecule has 0 spiro atoms. The monoisotopic (exact) mass is 340 g/mol. The van der Waals surface area contributed by atoms with Gasteiger partial charge in [0.1, 0.15) is 0 Å². The molecule has 1 aliphatic rings. The normalized spacial score (nSPS) is 22.5. The molecule has 1 heterocycles. The van der Waals surface area contributed by atoms with Crippen molar-refractivity contribution in [2.45, 2.75) is 18.6 Å². The molecule has 0 radical (unpaired) electrons. The average Bonchev–Trinajstić information content (AvgIpc) is 2.83. The van der Waals surface area contributed by atoms with Gasteiger partial charge in [-0.2, -0.15) is 5.26 Å². The van der Waals surface area contributed by atoms with Crippen LogP contribution in [0.4, 0.5) is 4.39 Å². The quantitative estimate of drug-likeness (QED) is 0.793. The van der Waals surface area contributed by atoms with Crippen LogP contribution >= 0.6 is 15.9 Å². The number of benzene rings is 1. The summed E-state index contributed by atoms with van der Waals surface area (Å²) in [5, 5.41) is 8.81. The first-order valence-corrected chi connectivity index (χ1v) is 6.96. The number of halogens is 2. The Hall–Kier alpha value is -1.45. The van der Waals surface area contributed by atoms with E-state index in [1.807, 2.05) is 11.0 Å². The minimum absolute atomic E-state index is 0.0338. The van der Waals surface area contributed by atoms with Crippen LogP contribution in [0.2, 0.25) is 0 Å². The summed E-state index contributed by atoms with van der Waals surface area (Å²) in [6, 6.07) is 7.34. The van der Waals surface area contributed by atoms with Crippen molar-refractivity contribution in [3.63, 3.8) is 0 Å². The van der Waals surface area contributed by atoms with Gasteiger partial charge in [0.25, 0.3) is 0 Å². The lowest BCUT2D eigenvalue weighted by atomic mass is 10.1. The molecule has 20 heavy (non-hydrogen) atoms. The lowest BCUT2D eigenvalue weighted by Crippen LogP contribution is -2.38. The van der Waals surface area contributed by atoms with Crippen LogP contribution in [0.15, 0.2) is 22.7 Å². The Morgan fingerprint density at radius 3 is 3.00 bits per heavy atom. The summed E-state index contributed by atoms with van der Waals surface area (Å²) in [6.07, 6.45) is 0.146. The fraction of sp³-hybridized carbons (Fsp3) is 0.429. The molecule has 0 N–H and O–H groups in total. The number of nitriles is 1. The van der Waals surface area contributed by atoms with E-state index < -0.39 is 11.6 Å². The Morgan fingerprint density at radius 2 is 2.40 bits per heavy atom. The number of hydrogen-bond acceptors (Lipinski definition) is 4. The van der Waals surface area contributed by atoms with Crippen LogP contribution < -0.4 is 0 Å². The van der Waals surface area contributed by atoms with Gasteiger partial charge in [-0.1, -0.05) is 22.0 Å². The number of hydrogen-bond donors (Lipinski definition) is 0. The number of esters is 1. The second kappa shape index (κ2) is 5.90. The Bertz CT molecular complexity index is 573. The number of ether oxygens (including phenoxy) is 1. The number of rotatable bonds is 3. The SMILES string of the molecule is COC(=O)[C@]1(F)CCN(Cc2ccc(C#N)cc2Br)C1. The molecule has 1 aliphatic heterocycles. The van der Waals surface area contributed by atoms with Crippen molar-refractivity contribution in [3.05, 3.63) is 33.8 Å². The van der Waals surface area contributed by atoms with E-state index in [0.717, 1.165) is 10.0 Å². The highest BCUT2D eigenvalue weighted by atomic mass is 79.9. The third-order valence-corrected chi connectivity index (χ3v) is 4.16. The summed E-state index contributed by atoms with van der Waals surface area (Å²) in [6.45, 7) is 1.05. The minimum Gasteiger partial charge on any atom is -0.467 e. The highest BCUT2D eigenvalue weighted by Gasteiger charge is 2.46. The number of carbonyl (C=O) groups is 1. The molecule has 0 unspecified atom stereocenters. The standard InChI is InChI=1S/C14H14BrFN2O2/c1-20-13(19)14(16)4-5-18(9-14)8-11-3-2-10(7-17)6-12(11)15/h2-3,6H,4-5,8-9H2,1H3/t14-/m0/s1. The molecular weight excluding hydrogens is 327 g/mol. The summed E-state index contributed by atoms with van der Waals surface area (Å²) in [4.78, 5) is 13.3. The van der Waals surface area contributed by atoms with Gasteiger partial charge in [-0.3, -0.25) is 4.90 Å². The maximum absolute atomic E-state index is 14.3. The van der Waals surface area contributed by atoms with Gasteiger partial charge in [0, 0.05) is 30.5 Å². The molecule has 1 saturated heterocycles. The summed E-state index contributed by atoms with van der Waals surface area (Å²) >= 11 is 3.40. The van der Waals surface area contributed by atoms with E-state index in [1.165, 1.54) is 7.11 Å². The van der Waals surface area contributed by atoms with Crippen LogP contribution in [0.25, 0.3) is 0 Å². The van der Waals surface area contributed by atoms with Gasteiger partial charge in [0.05, 0.1) is 18.7 Å². The first-order valence-electron chi connectivity index (χ1n) is 6.17. The molecule has 0 amide bonds. The fourth-order valence-corrected chi connectivity index (χ4v) is 2.82. The van der Waals surface area contributed by atoms with Crippen LogP contribution in [0, 0.1) is 11.3 Å². The van der Waals surface area contributed by atoms with Crippen molar-refractivity contribution in [1.82, 2.24) is 4.90 Å². The van der Waals surface area contributed by atoms with Crippen LogP contribution in [0.3, 0.4) is 0 Å². The Kier molecular flexibility index (Phi) is 4.41. The highest BCUT2D eigenvalue weighted by molar-refractivity contribution is 9.10. The van der Waals surface area contributed by atoms with Crippen LogP contribution in [0.1, 0.15) is 17.5 Å². The van der Waals surface area contributed by atoms with Gasteiger partial charge in [0.15, 0.2) is 0 Å². The minimum atomic E-state index is -1.91. The zero-order valence-electron chi connectivity index (χ0n) is 11.0. The second-order valence-corrected chi connectivity index (χ2v) is 5.69. The van der Waals surface area contributed by atoms with Gasteiger partial charge >= 0.3 is 5.97 Å². The van der Waals surface area contributed by atoms with E-state index in [4.69, 9.17) is 5.26 Å². The van der Waals surface area contributed by atoms with E-state index in [0.29, 0.717) is 18.7 Å². The van der Waals surface area contributed by atoms with Crippen molar-refractivity contribution in [2.75, 3.05) is 20.2 Å². The van der Waals surface area contributed by atoms with Gasteiger partial charge in [0.2, 0.25) is 5.67 Å². The molecule has 1 fully saturated rings. The van der Waals surface area contributed by atoms with Gasteiger partial charge < -0.3 is 4.74 Å². The van der Waals surface area contributed by atoms with E-state index in [1.54, 1.807) is 12.1 Å². The molecule has 0 bridgehead atoms. The second-order valence-electron chi connectivity index (χ2n) is 4.84. The number of alkyl halides is 1. The van der Waals surface area contributed by atoms with Crippen molar-refractivity contribution in [3.8, 4) is 6.07 Å². The summed E-state index contributed by atoms with van der Waals surface area (Å²) < 4.78 is 19.6. The average molecular weight is 341 g/mol. The van der Waals surface area contributed by atoms with Crippen LogP contribution in [-0.2, 0) is 16.1 Å². The summed E-state index contributed by atoms with van der Waals surface area (Å²) in [5.74, 6) is -0.807. The first kappa shape index (κ1) is 14.9. The highest BCUT2D eigenvalue weighted by Crippen LogP contribution is 2.29. The predicted molar refractivity (Wildman–Crippen MR) is 74.6 cm³/mol. The third-order valence-electron chi connectivity index (χ3n) is 3.43. The smallest absolute Gasteiger partial charge is 0.345 e. The first-order chi connectivity index (χ1) is 9.48. The lowest BCUT2D eigenvalue weighted by molar-refractivity contribution is -0.153. The predicted octanol–water partition coefficient (Wildman–Crippen LogP) is 2.41. The fourth-order valence-electron chi connectivity index (χ4n) is 2.32. The molecular formula is C14H14BrFN2O2. The van der Waals surface area contributed by atoms with E-state index in [9.17, 15) is 9.18 Å². The summed E-state index contributed by atoms with van der Waals surface area (Å²) in [7, 11) is 1.20. The molecule has 1 aromatic rings. The third kappa shape index (κ3) is 3.00. The van der Waals surface area contributed by atoms with Crippen LogP contribution in [-0.4, -0.2) is 36.7 Å². The zero-order valence-corrected chi connectivity index (χ0v) is 12.6. The molecule has 0 aliphatic carbocycles. The topological polar surface area (TPSA) is 53.3 Å². The summed E-state index contributed by atoms with van der Waals surface area (Å²) in [5.41, 5.74) is -0.386. The number of likely N-dealkylation sites (tertiary alicyclic amines) is 1. The van der Waals surface area contributed by atoms with Gasteiger partial charge in [-0.05, 0) is 17.7 Å². The molecule has 4 nitrogen and oxygen atoms in total. The lowest BCUT2D eigenvalue weighted by Gasteiger charge is -2.19. The molecule has 1 aromatic carbocycles. The zero-order chi connectivity index (χ0) is 14.8. The maximum Gasteiger partial charge on any atom is 0.345 e. The maximum atomic E-state index is 14.3. The van der Waals surface area contributed by atoms with Crippen LogP contribution in [0.5, 0.6) is 0 Å². The molecule has 0 aromatic heterocycles. The molecule has 0 saturated carbocycles. The van der Waals surface area contributed by atoms with Gasteiger partial charge in [-0.15, -0.1) is 0 Å². The van der Waals surface area contributed by atoms with Gasteiger partial charge in [-0.25, -0.2) is 9.18 Å². The van der Waals surface area contributed by atoms with Crippen molar-refractivity contribution >= 4 is 21.9 Å². The molecule has 106 valence electrons. The van der Waals surface area contributed by atoms with E-state index in [2.05, 4.69) is 26.7 Å². The van der Waals surface area contributed by atoms with E-state index in [-0.39, 0.29) is 13.0 Å². The Balaban J connectivity index is 2.06. The Labute approximate surface area is 125 Å². The number of methoxy groups -OCH3 is 1. The molecule has 6 heteroatoms. The largest absolute Gasteiger partial charge is 0.467 e. The van der Waals surface area contributed by atoms with Crippen molar-refractivity contribution in [1.29, 1.82) is 5.26 Å². The van der Waals surface area contributed by atoms with Crippen molar-refractivity contribution in [2.24, 2.45) is 0 Å².